The van der Waals surface area contributed by atoms with Crippen LogP contribution in [0, 0.1) is 0 Å². The van der Waals surface area contributed by atoms with Crippen LogP contribution in [0.5, 0.6) is 0 Å². The zero-order chi connectivity index (χ0) is 21.1. The maximum atomic E-state index is 12.6. The van der Waals surface area contributed by atoms with E-state index in [1.807, 2.05) is 36.4 Å². The number of aliphatic carboxylic acids is 1. The van der Waals surface area contributed by atoms with E-state index >= 15 is 0 Å². The van der Waals surface area contributed by atoms with E-state index < -0.39 is 25.6 Å². The molecule has 8 heteroatoms. The Hall–Kier alpha value is -2.47. The molecule has 0 saturated carbocycles. The van der Waals surface area contributed by atoms with E-state index in [2.05, 4.69) is 5.32 Å². The van der Waals surface area contributed by atoms with Gasteiger partial charge >= 0.3 is 13.6 Å². The maximum absolute atomic E-state index is 12.6. The number of hydrogen-bond acceptors (Lipinski definition) is 4. The largest absolute Gasteiger partial charge is 0.481 e. The molecule has 2 atom stereocenters. The SMILES string of the molecule is O=C(O)CCNC(=O)[C@H](Cc1ccccc1)OP(=O)(O)CCCc1ccccc1. The van der Waals surface area contributed by atoms with Gasteiger partial charge in [-0.15, -0.1) is 0 Å². The first-order valence-corrected chi connectivity index (χ1v) is 11.2. The van der Waals surface area contributed by atoms with Gasteiger partial charge in [-0.1, -0.05) is 60.7 Å². The number of benzene rings is 2. The van der Waals surface area contributed by atoms with Gasteiger partial charge in [-0.25, -0.2) is 0 Å². The molecule has 7 nitrogen and oxygen atoms in total. The standard InChI is InChI=1S/C21H26NO6P/c23-20(24)13-14-22-21(25)19(16-18-10-5-2-6-11-18)28-29(26,27)15-7-12-17-8-3-1-4-9-17/h1-6,8-11,19H,7,12-16H2,(H,22,25)(H,23,24)(H,26,27)/t19-/m0/s1. The van der Waals surface area contributed by atoms with Gasteiger partial charge in [-0.3, -0.25) is 18.7 Å². The minimum atomic E-state index is -4.00. The Labute approximate surface area is 170 Å². The molecule has 0 bridgehead atoms. The Morgan fingerprint density at radius 3 is 2.17 bits per heavy atom. The number of hydrogen-bond donors (Lipinski definition) is 3. The second-order valence-electron chi connectivity index (χ2n) is 6.67. The van der Waals surface area contributed by atoms with Crippen molar-refractivity contribution in [3.05, 3.63) is 71.8 Å². The van der Waals surface area contributed by atoms with Gasteiger partial charge in [0.05, 0.1) is 12.6 Å². The monoisotopic (exact) mass is 419 g/mol. The lowest BCUT2D eigenvalue weighted by atomic mass is 10.1. The summed E-state index contributed by atoms with van der Waals surface area (Å²) in [5.41, 5.74) is 1.83. The van der Waals surface area contributed by atoms with Crippen LogP contribution in [0.15, 0.2) is 60.7 Å². The van der Waals surface area contributed by atoms with E-state index in [1.54, 1.807) is 24.3 Å². The van der Waals surface area contributed by atoms with E-state index in [4.69, 9.17) is 9.63 Å². The van der Waals surface area contributed by atoms with E-state index in [1.165, 1.54) is 0 Å². The normalized spacial score (nSPS) is 14.0. The van der Waals surface area contributed by atoms with Crippen LogP contribution in [0.4, 0.5) is 0 Å². The van der Waals surface area contributed by atoms with Gasteiger partial charge in [-0.05, 0) is 24.0 Å². The van der Waals surface area contributed by atoms with Crippen molar-refractivity contribution in [2.75, 3.05) is 12.7 Å². The smallest absolute Gasteiger partial charge is 0.328 e. The van der Waals surface area contributed by atoms with Gasteiger partial charge in [0.1, 0.15) is 6.10 Å². The van der Waals surface area contributed by atoms with E-state index in [0.29, 0.717) is 12.8 Å². The molecule has 0 saturated heterocycles. The van der Waals surface area contributed by atoms with Crippen LogP contribution < -0.4 is 5.32 Å². The van der Waals surface area contributed by atoms with Crippen molar-refractivity contribution in [2.24, 2.45) is 0 Å². The molecule has 0 aromatic heterocycles. The predicted octanol–water partition coefficient (Wildman–Crippen LogP) is 3.02. The Balaban J connectivity index is 1.97. The Morgan fingerprint density at radius 1 is 1.00 bits per heavy atom. The highest BCUT2D eigenvalue weighted by Gasteiger charge is 2.29. The molecule has 1 unspecified atom stereocenters. The molecule has 0 spiro atoms. The van der Waals surface area contributed by atoms with E-state index in [-0.39, 0.29) is 25.5 Å². The number of carbonyl (C=O) groups excluding carboxylic acids is 1. The first-order chi connectivity index (χ1) is 13.9. The fourth-order valence-electron chi connectivity index (χ4n) is 2.79. The zero-order valence-corrected chi connectivity index (χ0v) is 17.0. The first kappa shape index (κ1) is 22.8. The van der Waals surface area contributed by atoms with Gasteiger partial charge in [0, 0.05) is 13.0 Å². The quantitative estimate of drug-likeness (QED) is 0.456. The molecular weight excluding hydrogens is 393 g/mol. The summed E-state index contributed by atoms with van der Waals surface area (Å²) in [6, 6.07) is 18.6. The molecule has 2 aromatic carbocycles. The fourth-order valence-corrected chi connectivity index (χ4v) is 4.02. The lowest BCUT2D eigenvalue weighted by Gasteiger charge is -2.21. The van der Waals surface area contributed by atoms with Crippen molar-refractivity contribution in [3.8, 4) is 0 Å². The molecule has 2 rings (SSSR count). The molecule has 156 valence electrons. The molecule has 2 aromatic rings. The second-order valence-corrected chi connectivity index (χ2v) is 8.60. The number of aryl methyl sites for hydroxylation is 1. The molecule has 0 radical (unpaired) electrons. The number of carbonyl (C=O) groups is 2. The average molecular weight is 419 g/mol. The minimum absolute atomic E-state index is 0.0738. The van der Waals surface area contributed by atoms with E-state index in [9.17, 15) is 19.0 Å². The van der Waals surface area contributed by atoms with Crippen molar-refractivity contribution >= 4 is 19.5 Å². The van der Waals surface area contributed by atoms with Crippen LogP contribution in [-0.2, 0) is 31.5 Å². The zero-order valence-electron chi connectivity index (χ0n) is 16.1. The van der Waals surface area contributed by atoms with Crippen LogP contribution >= 0.6 is 7.60 Å². The van der Waals surface area contributed by atoms with Crippen molar-refractivity contribution in [1.82, 2.24) is 5.32 Å². The summed E-state index contributed by atoms with van der Waals surface area (Å²) in [4.78, 5) is 33.3. The van der Waals surface area contributed by atoms with Crippen LogP contribution in [0.25, 0.3) is 0 Å². The Bertz CT molecular complexity index is 828. The highest BCUT2D eigenvalue weighted by molar-refractivity contribution is 7.52. The van der Waals surface area contributed by atoms with Crippen molar-refractivity contribution in [1.29, 1.82) is 0 Å². The fraction of sp³-hybridized carbons (Fsp3) is 0.333. The molecule has 3 N–H and O–H groups in total. The van der Waals surface area contributed by atoms with Gasteiger partial charge in [0.25, 0.3) is 0 Å². The summed E-state index contributed by atoms with van der Waals surface area (Å²) in [7, 11) is -4.00. The summed E-state index contributed by atoms with van der Waals surface area (Å²) in [5.74, 6) is -1.65. The molecule has 29 heavy (non-hydrogen) atoms. The Morgan fingerprint density at radius 2 is 1.59 bits per heavy atom. The summed E-state index contributed by atoms with van der Waals surface area (Å²) in [5, 5.41) is 11.2. The minimum Gasteiger partial charge on any atom is -0.481 e. The van der Waals surface area contributed by atoms with Crippen molar-refractivity contribution < 1.29 is 28.7 Å². The van der Waals surface area contributed by atoms with Gasteiger partial charge in [0.15, 0.2) is 0 Å². The lowest BCUT2D eigenvalue weighted by Crippen LogP contribution is -2.38. The molecule has 0 aliphatic carbocycles. The average Bonchev–Trinajstić information content (AvgIpc) is 2.68. The molecule has 0 fully saturated rings. The van der Waals surface area contributed by atoms with Gasteiger partial charge in [-0.2, -0.15) is 0 Å². The third-order valence-electron chi connectivity index (χ3n) is 4.24. The topological polar surface area (TPSA) is 113 Å². The number of carboxylic acids is 1. The molecule has 1 amide bonds. The third-order valence-corrected chi connectivity index (χ3v) is 5.70. The summed E-state index contributed by atoms with van der Waals surface area (Å²) in [6.45, 7) is -0.0768. The van der Waals surface area contributed by atoms with Crippen molar-refractivity contribution in [2.45, 2.75) is 31.8 Å². The maximum Gasteiger partial charge on any atom is 0.328 e. The predicted molar refractivity (Wildman–Crippen MR) is 110 cm³/mol. The molecular formula is C21H26NO6P. The van der Waals surface area contributed by atoms with Crippen LogP contribution in [-0.4, -0.2) is 40.7 Å². The number of carboxylic acid groups (broad SMARTS) is 1. The van der Waals surface area contributed by atoms with Gasteiger partial charge in [0.2, 0.25) is 5.91 Å². The van der Waals surface area contributed by atoms with Crippen LogP contribution in [0.3, 0.4) is 0 Å². The summed E-state index contributed by atoms with van der Waals surface area (Å²) in [6.07, 6.45) is -0.311. The third kappa shape index (κ3) is 9.05. The molecule has 0 aliphatic heterocycles. The number of rotatable bonds is 12. The van der Waals surface area contributed by atoms with Crippen molar-refractivity contribution in [3.63, 3.8) is 0 Å². The van der Waals surface area contributed by atoms with Crippen LogP contribution in [0.1, 0.15) is 24.0 Å². The summed E-state index contributed by atoms with van der Waals surface area (Å²) >= 11 is 0. The van der Waals surface area contributed by atoms with Gasteiger partial charge < -0.3 is 15.3 Å². The summed E-state index contributed by atoms with van der Waals surface area (Å²) < 4.78 is 17.9. The highest BCUT2D eigenvalue weighted by Crippen LogP contribution is 2.44. The number of nitrogens with one attached hydrogen (secondary N) is 1. The second kappa shape index (κ2) is 11.5. The first-order valence-electron chi connectivity index (χ1n) is 9.43. The van der Waals surface area contributed by atoms with E-state index in [0.717, 1.165) is 11.1 Å². The molecule has 0 aliphatic rings. The number of amides is 1. The molecule has 0 heterocycles. The Kier molecular flexibility index (Phi) is 9.06. The van der Waals surface area contributed by atoms with Crippen LogP contribution in [0.2, 0.25) is 0 Å². The lowest BCUT2D eigenvalue weighted by molar-refractivity contribution is -0.137. The highest BCUT2D eigenvalue weighted by atomic mass is 31.2.